The van der Waals surface area contributed by atoms with Crippen molar-refractivity contribution in [2.24, 2.45) is 0 Å². The molecular weight excluding hydrogens is 406 g/mol. The van der Waals surface area contributed by atoms with E-state index in [0.29, 0.717) is 12.8 Å². The van der Waals surface area contributed by atoms with E-state index in [1.165, 1.54) is 63.9 Å². The van der Waals surface area contributed by atoms with Gasteiger partial charge in [0.25, 0.3) is 5.78 Å². The Morgan fingerprint density at radius 1 is 0.906 bits per heavy atom. The molecule has 32 heavy (non-hydrogen) atoms. The number of ether oxygens (including phenoxy) is 1. The van der Waals surface area contributed by atoms with Crippen LogP contribution in [0.5, 0.6) is 0 Å². The number of unbranched alkanes of at least 4 members (excludes halogenated alkanes) is 12. The molecule has 0 aliphatic carbocycles. The average molecular weight is 448 g/mol. The van der Waals surface area contributed by atoms with Gasteiger partial charge in [-0.15, -0.1) is 0 Å². The number of ketones is 1. The molecule has 6 nitrogen and oxygen atoms in total. The second kappa shape index (κ2) is 18.3. The van der Waals surface area contributed by atoms with Gasteiger partial charge in [0.15, 0.2) is 12.0 Å². The third kappa shape index (κ3) is 13.2. The van der Waals surface area contributed by atoms with Crippen LogP contribution in [0.25, 0.3) is 0 Å². The smallest absolute Gasteiger partial charge is 0.334 e. The normalized spacial score (nSPS) is 16.3. The number of rotatable bonds is 19. The van der Waals surface area contributed by atoms with Crippen molar-refractivity contribution in [3.8, 4) is 0 Å². The van der Waals surface area contributed by atoms with Crippen LogP contribution in [-0.4, -0.2) is 30.0 Å². The molecule has 1 fully saturated rings. The zero-order chi connectivity index (χ0) is 23.4. The summed E-state index contributed by atoms with van der Waals surface area (Å²) in [5.74, 6) is -1.99. The van der Waals surface area contributed by atoms with Crippen LogP contribution in [0.1, 0.15) is 110 Å². The average Bonchev–Trinajstić information content (AvgIpc) is 3.23. The van der Waals surface area contributed by atoms with Crippen molar-refractivity contribution >= 4 is 23.9 Å². The topological polar surface area (TPSA) is 89.5 Å². The number of allylic oxidation sites excluding steroid dienone is 4. The lowest BCUT2D eigenvalue weighted by Crippen LogP contribution is -2.35. The molecule has 0 spiro atoms. The Bertz CT molecular complexity index is 638. The highest BCUT2D eigenvalue weighted by Gasteiger charge is 2.30. The fourth-order valence-corrected chi connectivity index (χ4v) is 3.67. The third-order valence-corrected chi connectivity index (χ3v) is 5.64. The minimum atomic E-state index is -0.850. The molecule has 1 heterocycles. The van der Waals surface area contributed by atoms with Crippen LogP contribution in [0.15, 0.2) is 24.0 Å². The molecule has 1 N–H and O–H groups in total. The zero-order valence-electron chi connectivity index (χ0n) is 19.7. The van der Waals surface area contributed by atoms with E-state index in [-0.39, 0.29) is 24.4 Å². The van der Waals surface area contributed by atoms with Crippen LogP contribution in [0, 0.1) is 0 Å². The van der Waals surface area contributed by atoms with Gasteiger partial charge in [-0.3, -0.25) is 14.4 Å². The molecule has 1 rings (SSSR count). The molecule has 1 aliphatic rings. The van der Waals surface area contributed by atoms with Crippen molar-refractivity contribution in [1.29, 1.82) is 0 Å². The van der Waals surface area contributed by atoms with Gasteiger partial charge in [0.05, 0.1) is 0 Å². The van der Waals surface area contributed by atoms with Gasteiger partial charge in [-0.05, 0) is 51.0 Å². The first kappa shape index (κ1) is 27.8. The molecule has 6 heteroatoms. The second-order valence-electron chi connectivity index (χ2n) is 8.50. The van der Waals surface area contributed by atoms with Crippen LogP contribution < -0.4 is 5.32 Å². The predicted molar refractivity (Wildman–Crippen MR) is 126 cm³/mol. The van der Waals surface area contributed by atoms with Crippen LogP contribution >= 0.6 is 0 Å². The Morgan fingerprint density at radius 3 is 2.00 bits per heavy atom. The summed E-state index contributed by atoms with van der Waals surface area (Å²) in [6.07, 6.45) is 23.1. The number of carbonyl (C=O) groups excluding carboxylic acids is 4. The molecule has 0 unspecified atom stereocenters. The summed E-state index contributed by atoms with van der Waals surface area (Å²) in [7, 11) is 0. The summed E-state index contributed by atoms with van der Waals surface area (Å²) >= 11 is 0. The number of hydrogen-bond donors (Lipinski definition) is 1. The molecule has 0 aromatic rings. The summed E-state index contributed by atoms with van der Waals surface area (Å²) < 4.78 is 5.08. The maximum Gasteiger partial charge on any atom is 0.334 e. The molecule has 1 amide bonds. The maximum absolute atomic E-state index is 12.0. The first-order chi connectivity index (χ1) is 15.6. The van der Waals surface area contributed by atoms with Crippen molar-refractivity contribution in [1.82, 2.24) is 5.32 Å². The van der Waals surface area contributed by atoms with Crippen molar-refractivity contribution in [2.45, 2.75) is 116 Å². The first-order valence-corrected chi connectivity index (χ1v) is 12.4. The van der Waals surface area contributed by atoms with Crippen LogP contribution in [0.3, 0.4) is 0 Å². The van der Waals surface area contributed by atoms with E-state index in [2.05, 4.69) is 24.4 Å². The molecule has 1 aliphatic heterocycles. The molecule has 0 aromatic carbocycles. The lowest BCUT2D eigenvalue weighted by atomic mass is 10.1. The van der Waals surface area contributed by atoms with Crippen molar-refractivity contribution in [3.63, 3.8) is 0 Å². The Hall–Kier alpha value is -2.24. The molecule has 0 bridgehead atoms. The van der Waals surface area contributed by atoms with E-state index in [1.807, 2.05) is 0 Å². The summed E-state index contributed by atoms with van der Waals surface area (Å²) in [6, 6.07) is -0.744. The molecule has 1 saturated heterocycles. The Balaban J connectivity index is 2.09. The van der Waals surface area contributed by atoms with Gasteiger partial charge in [0, 0.05) is 6.42 Å². The van der Waals surface area contributed by atoms with Gasteiger partial charge in [-0.1, -0.05) is 70.4 Å². The maximum atomic E-state index is 12.0. The minimum absolute atomic E-state index is 0.146. The molecule has 0 saturated carbocycles. The third-order valence-electron chi connectivity index (χ3n) is 5.64. The quantitative estimate of drug-likeness (QED) is 0.0537. The standard InChI is InChI=1S/C26H41NO5/c1-2-3-4-5-6-7-8-9-10-11-12-13-14-15-16-17-18-24(23(29)21-28)32-26(31)22-19-20-25(30)27-22/h8-9,18,21-22H,2-7,10-17,19-20H2,1H3,(H,27,30)/t22-/m0/s1. The van der Waals surface area contributed by atoms with Gasteiger partial charge in [-0.25, -0.2) is 4.79 Å². The van der Waals surface area contributed by atoms with E-state index in [4.69, 9.17) is 4.74 Å². The van der Waals surface area contributed by atoms with Crippen molar-refractivity contribution < 1.29 is 23.9 Å². The number of nitrogens with one attached hydrogen (secondary N) is 1. The molecular formula is C26H41NO5. The number of amides is 1. The Kier molecular flexibility index (Phi) is 15.9. The highest BCUT2D eigenvalue weighted by molar-refractivity contribution is 6.32. The first-order valence-electron chi connectivity index (χ1n) is 12.4. The van der Waals surface area contributed by atoms with E-state index in [9.17, 15) is 19.2 Å². The van der Waals surface area contributed by atoms with Crippen LogP contribution in [0.2, 0.25) is 0 Å². The van der Waals surface area contributed by atoms with Crippen molar-refractivity contribution in [2.75, 3.05) is 0 Å². The van der Waals surface area contributed by atoms with Gasteiger partial charge >= 0.3 is 5.97 Å². The second-order valence-corrected chi connectivity index (χ2v) is 8.50. The van der Waals surface area contributed by atoms with Crippen LogP contribution in [-0.2, 0) is 23.9 Å². The van der Waals surface area contributed by atoms with E-state index < -0.39 is 17.8 Å². The fraction of sp³-hybridized carbons (Fsp3) is 0.692. The fourth-order valence-electron chi connectivity index (χ4n) is 3.67. The number of esters is 1. The summed E-state index contributed by atoms with van der Waals surface area (Å²) in [6.45, 7) is 2.24. The molecule has 0 radical (unpaired) electrons. The highest BCUT2D eigenvalue weighted by atomic mass is 16.5. The molecule has 1 atom stereocenters. The Morgan fingerprint density at radius 2 is 1.47 bits per heavy atom. The monoisotopic (exact) mass is 447 g/mol. The summed E-state index contributed by atoms with van der Waals surface area (Å²) in [4.78, 5) is 45.8. The lowest BCUT2D eigenvalue weighted by molar-refractivity contribution is -0.145. The van der Waals surface area contributed by atoms with E-state index >= 15 is 0 Å². The number of Topliss-reactive ketones (excluding diaryl/α,β-unsaturated/α-hetero) is 1. The largest absolute Gasteiger partial charge is 0.421 e. The lowest BCUT2D eigenvalue weighted by Gasteiger charge is -2.10. The number of hydrogen-bond acceptors (Lipinski definition) is 5. The van der Waals surface area contributed by atoms with Gasteiger partial charge < -0.3 is 10.1 Å². The zero-order valence-corrected chi connectivity index (χ0v) is 19.7. The van der Waals surface area contributed by atoms with E-state index in [0.717, 1.165) is 25.7 Å². The summed E-state index contributed by atoms with van der Waals surface area (Å²) in [5.41, 5.74) is 0. The number of carbonyl (C=O) groups is 4. The summed E-state index contributed by atoms with van der Waals surface area (Å²) in [5, 5.41) is 2.50. The van der Waals surface area contributed by atoms with Crippen molar-refractivity contribution in [3.05, 3.63) is 24.0 Å². The van der Waals surface area contributed by atoms with Gasteiger partial charge in [0.2, 0.25) is 5.91 Å². The predicted octanol–water partition coefficient (Wildman–Crippen LogP) is 5.50. The number of aldehydes is 1. The van der Waals surface area contributed by atoms with Gasteiger partial charge in [-0.2, -0.15) is 0 Å². The SMILES string of the molecule is CCCCCCCC=CCCCCCCCCC=C(OC(=O)[C@@H]1CCC(=O)N1)C(=O)C=O. The molecule has 0 aromatic heterocycles. The Labute approximate surface area is 193 Å². The minimum Gasteiger partial charge on any atom is -0.421 e. The van der Waals surface area contributed by atoms with Gasteiger partial charge in [0.1, 0.15) is 6.04 Å². The van der Waals surface area contributed by atoms with Crippen LogP contribution in [0.4, 0.5) is 0 Å². The molecule has 180 valence electrons. The highest BCUT2D eigenvalue weighted by Crippen LogP contribution is 2.14. The van der Waals surface area contributed by atoms with E-state index in [1.54, 1.807) is 0 Å².